The van der Waals surface area contributed by atoms with Crippen LogP contribution in [0, 0.1) is 0 Å². The van der Waals surface area contributed by atoms with Gasteiger partial charge in [-0.3, -0.25) is 4.99 Å². The fourth-order valence-corrected chi connectivity index (χ4v) is 3.07. The number of anilines is 1. The maximum Gasteiger partial charge on any atom is 0.0613 e. The lowest BCUT2D eigenvalue weighted by molar-refractivity contribution is 0.754. The fraction of sp³-hybridized carbons (Fsp3) is 0.438. The Balaban J connectivity index is 2.11. The molecule has 0 saturated carbocycles. The molecule has 0 aromatic heterocycles. The van der Waals surface area contributed by atoms with Gasteiger partial charge in [0.1, 0.15) is 0 Å². The van der Waals surface area contributed by atoms with Crippen molar-refractivity contribution in [1.29, 1.82) is 0 Å². The third kappa shape index (κ3) is 1.76. The molecule has 2 heteroatoms. The lowest BCUT2D eigenvalue weighted by Crippen LogP contribution is -2.25. The van der Waals surface area contributed by atoms with E-state index in [2.05, 4.69) is 48.0 Å². The highest BCUT2D eigenvalue weighted by molar-refractivity contribution is 6.26. The molecule has 0 atom stereocenters. The Hall–Kier alpha value is -1.57. The third-order valence-corrected chi connectivity index (χ3v) is 3.91. The van der Waals surface area contributed by atoms with Gasteiger partial charge < -0.3 is 4.90 Å². The van der Waals surface area contributed by atoms with Crippen LogP contribution in [0.15, 0.2) is 34.8 Å². The van der Waals surface area contributed by atoms with Gasteiger partial charge in [-0.05, 0) is 31.4 Å². The Morgan fingerprint density at radius 3 is 2.94 bits per heavy atom. The summed E-state index contributed by atoms with van der Waals surface area (Å²) >= 11 is 0. The van der Waals surface area contributed by atoms with Crippen LogP contribution in [0.3, 0.4) is 0 Å². The lowest BCUT2D eigenvalue weighted by Gasteiger charge is -2.25. The van der Waals surface area contributed by atoms with Gasteiger partial charge in [0.05, 0.1) is 6.54 Å². The summed E-state index contributed by atoms with van der Waals surface area (Å²) in [5, 5.41) is 0. The van der Waals surface area contributed by atoms with Gasteiger partial charge in [0, 0.05) is 35.6 Å². The Kier molecular flexibility index (Phi) is 2.94. The molecule has 0 fully saturated rings. The van der Waals surface area contributed by atoms with Crippen LogP contribution in [0.1, 0.15) is 32.3 Å². The zero-order valence-corrected chi connectivity index (χ0v) is 11.2. The van der Waals surface area contributed by atoms with E-state index in [4.69, 9.17) is 0 Å². The highest BCUT2D eigenvalue weighted by Crippen LogP contribution is 2.37. The second kappa shape index (κ2) is 4.60. The average Bonchev–Trinajstić information content (AvgIpc) is 2.67. The number of aliphatic imine (C=N–C) groups is 1. The van der Waals surface area contributed by atoms with Crippen molar-refractivity contribution in [3.63, 3.8) is 0 Å². The van der Waals surface area contributed by atoms with E-state index in [0.717, 1.165) is 26.1 Å². The Labute approximate surface area is 109 Å². The van der Waals surface area contributed by atoms with Gasteiger partial charge in [-0.2, -0.15) is 0 Å². The SMILES string of the molecule is CCCN1CCC2=C(C(C)=NC2)c2ccccc21. The van der Waals surface area contributed by atoms with Crippen molar-refractivity contribution < 1.29 is 0 Å². The van der Waals surface area contributed by atoms with Crippen molar-refractivity contribution in [2.75, 3.05) is 24.5 Å². The topological polar surface area (TPSA) is 15.6 Å². The van der Waals surface area contributed by atoms with Crippen LogP contribution in [0.4, 0.5) is 5.69 Å². The molecule has 0 unspecified atom stereocenters. The Morgan fingerprint density at radius 1 is 1.28 bits per heavy atom. The second-order valence-corrected chi connectivity index (χ2v) is 5.13. The van der Waals surface area contributed by atoms with Gasteiger partial charge in [-0.15, -0.1) is 0 Å². The van der Waals surface area contributed by atoms with Crippen molar-refractivity contribution >= 4 is 17.0 Å². The van der Waals surface area contributed by atoms with Crippen LogP contribution in [0.25, 0.3) is 5.57 Å². The summed E-state index contributed by atoms with van der Waals surface area (Å²) < 4.78 is 0. The van der Waals surface area contributed by atoms with Crippen LogP contribution in [0.5, 0.6) is 0 Å². The molecule has 2 heterocycles. The molecule has 1 aromatic carbocycles. The van der Waals surface area contributed by atoms with Gasteiger partial charge in [-0.25, -0.2) is 0 Å². The first-order valence-electron chi connectivity index (χ1n) is 6.89. The number of allylic oxidation sites excluding steroid dienone is 1. The van der Waals surface area contributed by atoms with E-state index < -0.39 is 0 Å². The van der Waals surface area contributed by atoms with Gasteiger partial charge >= 0.3 is 0 Å². The predicted molar refractivity (Wildman–Crippen MR) is 78.5 cm³/mol. The van der Waals surface area contributed by atoms with Crippen LogP contribution < -0.4 is 4.90 Å². The summed E-state index contributed by atoms with van der Waals surface area (Å²) in [7, 11) is 0. The summed E-state index contributed by atoms with van der Waals surface area (Å²) in [6.45, 7) is 7.59. The maximum atomic E-state index is 4.62. The first-order chi connectivity index (χ1) is 8.81. The number of nitrogens with zero attached hydrogens (tertiary/aromatic N) is 2. The minimum Gasteiger partial charge on any atom is -0.371 e. The van der Waals surface area contributed by atoms with Crippen LogP contribution in [-0.4, -0.2) is 25.3 Å². The van der Waals surface area contributed by atoms with Crippen molar-refractivity contribution in [2.24, 2.45) is 4.99 Å². The summed E-state index contributed by atoms with van der Waals surface area (Å²) in [5.74, 6) is 0. The highest BCUT2D eigenvalue weighted by atomic mass is 15.1. The van der Waals surface area contributed by atoms with Crippen molar-refractivity contribution in [3.05, 3.63) is 35.4 Å². The van der Waals surface area contributed by atoms with E-state index in [1.54, 1.807) is 0 Å². The third-order valence-electron chi connectivity index (χ3n) is 3.91. The zero-order chi connectivity index (χ0) is 12.5. The molecule has 18 heavy (non-hydrogen) atoms. The molecule has 0 aliphatic carbocycles. The zero-order valence-electron chi connectivity index (χ0n) is 11.2. The molecule has 2 nitrogen and oxygen atoms in total. The van der Waals surface area contributed by atoms with Gasteiger partial charge in [-0.1, -0.05) is 25.1 Å². The summed E-state index contributed by atoms with van der Waals surface area (Å²) in [6, 6.07) is 8.80. The molecule has 0 radical (unpaired) electrons. The predicted octanol–water partition coefficient (Wildman–Crippen LogP) is 3.53. The number of hydrogen-bond donors (Lipinski definition) is 0. The molecule has 0 bridgehead atoms. The molecule has 2 aliphatic rings. The van der Waals surface area contributed by atoms with Crippen LogP contribution in [-0.2, 0) is 0 Å². The van der Waals surface area contributed by atoms with Gasteiger partial charge in [0.15, 0.2) is 0 Å². The first-order valence-corrected chi connectivity index (χ1v) is 6.89. The molecule has 0 N–H and O–H groups in total. The van der Waals surface area contributed by atoms with E-state index in [1.165, 1.54) is 34.5 Å². The van der Waals surface area contributed by atoms with Gasteiger partial charge in [0.25, 0.3) is 0 Å². The normalized spacial score (nSPS) is 18.3. The lowest BCUT2D eigenvalue weighted by atomic mass is 9.97. The van der Waals surface area contributed by atoms with Crippen molar-refractivity contribution in [3.8, 4) is 0 Å². The molecule has 0 saturated heterocycles. The standard InChI is InChI=1S/C16H20N2/c1-3-9-18-10-8-13-11-17-12(2)16(13)14-6-4-5-7-15(14)18/h4-7H,3,8-11H2,1-2H3. The van der Waals surface area contributed by atoms with Crippen LogP contribution in [0.2, 0.25) is 0 Å². The number of fused-ring (bicyclic) bond motifs is 2. The highest BCUT2D eigenvalue weighted by Gasteiger charge is 2.25. The van der Waals surface area contributed by atoms with Crippen molar-refractivity contribution in [1.82, 2.24) is 0 Å². The minimum absolute atomic E-state index is 0.912. The first kappa shape index (κ1) is 11.5. The Bertz CT molecular complexity index is 526. The van der Waals surface area contributed by atoms with E-state index in [1.807, 2.05) is 0 Å². The van der Waals surface area contributed by atoms with E-state index in [0.29, 0.717) is 0 Å². The van der Waals surface area contributed by atoms with E-state index in [9.17, 15) is 0 Å². The Morgan fingerprint density at radius 2 is 2.11 bits per heavy atom. The smallest absolute Gasteiger partial charge is 0.0613 e. The van der Waals surface area contributed by atoms with Gasteiger partial charge in [0.2, 0.25) is 0 Å². The molecule has 2 aliphatic heterocycles. The summed E-state index contributed by atoms with van der Waals surface area (Å²) in [4.78, 5) is 7.14. The summed E-state index contributed by atoms with van der Waals surface area (Å²) in [5.41, 5.74) is 6.94. The van der Waals surface area contributed by atoms with E-state index in [-0.39, 0.29) is 0 Å². The maximum absolute atomic E-state index is 4.62. The average molecular weight is 240 g/mol. The molecule has 0 amide bonds. The van der Waals surface area contributed by atoms with Crippen LogP contribution >= 0.6 is 0 Å². The quantitative estimate of drug-likeness (QED) is 0.772. The number of para-hydroxylation sites is 1. The number of benzene rings is 1. The molecular weight excluding hydrogens is 220 g/mol. The minimum atomic E-state index is 0.912. The number of hydrogen-bond acceptors (Lipinski definition) is 2. The largest absolute Gasteiger partial charge is 0.371 e. The van der Waals surface area contributed by atoms with E-state index >= 15 is 0 Å². The summed E-state index contributed by atoms with van der Waals surface area (Å²) in [6.07, 6.45) is 2.36. The molecule has 0 spiro atoms. The van der Waals surface area contributed by atoms with Crippen molar-refractivity contribution in [2.45, 2.75) is 26.7 Å². The monoisotopic (exact) mass is 240 g/mol. The molecule has 3 rings (SSSR count). The fourth-order valence-electron chi connectivity index (χ4n) is 3.07. The second-order valence-electron chi connectivity index (χ2n) is 5.13. The molecular formula is C16H20N2. The molecule has 94 valence electrons. The number of rotatable bonds is 2. The molecule has 1 aromatic rings.